The molecule has 0 aliphatic heterocycles. The van der Waals surface area contributed by atoms with Gasteiger partial charge in [0.1, 0.15) is 10.6 Å². The molecule has 0 aliphatic carbocycles. The van der Waals surface area contributed by atoms with E-state index in [2.05, 4.69) is 4.74 Å². The number of ether oxygens (including phenoxy) is 1. The fraction of sp³-hybridized carbons (Fsp3) is 0.167. The second-order valence-corrected chi connectivity index (χ2v) is 2.57. The lowest BCUT2D eigenvalue weighted by molar-refractivity contribution is 0.0606. The van der Waals surface area contributed by atoms with E-state index in [4.69, 9.17) is 5.11 Å². The Labute approximate surface area is 61.9 Å². The Balaban J connectivity index is 2.85. The predicted molar refractivity (Wildman–Crippen MR) is 37.3 cm³/mol. The molecule has 4 heteroatoms. The SMILES string of the molecule is COC(=O)c1cc(O)cs1. The molecule has 0 aliphatic rings. The minimum Gasteiger partial charge on any atom is -0.507 e. The lowest BCUT2D eigenvalue weighted by Crippen LogP contribution is -1.96. The molecule has 1 aromatic rings. The first-order valence-corrected chi connectivity index (χ1v) is 3.48. The fourth-order valence-corrected chi connectivity index (χ4v) is 1.22. The Bertz CT molecular complexity index is 241. The van der Waals surface area contributed by atoms with E-state index in [0.29, 0.717) is 4.88 Å². The molecule has 0 bridgehead atoms. The molecular weight excluding hydrogens is 152 g/mol. The Hall–Kier alpha value is -1.03. The van der Waals surface area contributed by atoms with Crippen molar-refractivity contribution in [1.29, 1.82) is 0 Å². The molecule has 0 unspecified atom stereocenters. The average Bonchev–Trinajstić information content (AvgIpc) is 2.34. The van der Waals surface area contributed by atoms with Crippen LogP contribution in [0.4, 0.5) is 0 Å². The van der Waals surface area contributed by atoms with Gasteiger partial charge in [-0.25, -0.2) is 4.79 Å². The summed E-state index contributed by atoms with van der Waals surface area (Å²) in [6, 6.07) is 1.37. The second-order valence-electron chi connectivity index (χ2n) is 1.66. The summed E-state index contributed by atoms with van der Waals surface area (Å²) in [6.07, 6.45) is 0. The summed E-state index contributed by atoms with van der Waals surface area (Å²) in [5, 5.41) is 10.3. The van der Waals surface area contributed by atoms with E-state index in [1.165, 1.54) is 18.6 Å². The topological polar surface area (TPSA) is 46.5 Å². The number of carbonyl (C=O) groups is 1. The van der Waals surface area contributed by atoms with Crippen molar-refractivity contribution in [3.8, 4) is 5.75 Å². The van der Waals surface area contributed by atoms with Crippen LogP contribution in [-0.2, 0) is 4.74 Å². The number of methoxy groups -OCH3 is 1. The van der Waals surface area contributed by atoms with Crippen molar-refractivity contribution in [1.82, 2.24) is 0 Å². The molecule has 0 saturated carbocycles. The molecule has 0 saturated heterocycles. The third-order valence-corrected chi connectivity index (χ3v) is 1.87. The van der Waals surface area contributed by atoms with Crippen LogP contribution in [0.1, 0.15) is 9.67 Å². The quantitative estimate of drug-likeness (QED) is 0.625. The number of hydrogen-bond donors (Lipinski definition) is 1. The lowest BCUT2D eigenvalue weighted by Gasteiger charge is -1.90. The molecule has 1 rings (SSSR count). The van der Waals surface area contributed by atoms with Gasteiger partial charge in [-0.1, -0.05) is 0 Å². The number of hydrogen-bond acceptors (Lipinski definition) is 4. The van der Waals surface area contributed by atoms with Gasteiger partial charge in [-0.05, 0) is 0 Å². The highest BCUT2D eigenvalue weighted by Gasteiger charge is 2.07. The Morgan fingerprint density at radius 3 is 2.90 bits per heavy atom. The van der Waals surface area contributed by atoms with Crippen LogP contribution in [0.5, 0.6) is 5.75 Å². The molecule has 1 heterocycles. The molecule has 10 heavy (non-hydrogen) atoms. The number of carbonyl (C=O) groups excluding carboxylic acids is 1. The average molecular weight is 158 g/mol. The first-order valence-electron chi connectivity index (χ1n) is 2.60. The summed E-state index contributed by atoms with van der Waals surface area (Å²) in [5.74, 6) is -0.310. The zero-order chi connectivity index (χ0) is 7.56. The number of esters is 1. The lowest BCUT2D eigenvalue weighted by atomic mass is 10.4. The Morgan fingerprint density at radius 2 is 2.50 bits per heavy atom. The third kappa shape index (κ3) is 1.27. The van der Waals surface area contributed by atoms with Crippen LogP contribution >= 0.6 is 11.3 Å². The summed E-state index contributed by atoms with van der Waals surface area (Å²) in [6.45, 7) is 0. The largest absolute Gasteiger partial charge is 0.507 e. The van der Waals surface area contributed by atoms with Crippen molar-refractivity contribution in [3.63, 3.8) is 0 Å². The highest BCUT2D eigenvalue weighted by atomic mass is 32.1. The van der Waals surface area contributed by atoms with E-state index in [1.807, 2.05) is 0 Å². The van der Waals surface area contributed by atoms with Gasteiger partial charge in [-0.3, -0.25) is 0 Å². The van der Waals surface area contributed by atoms with E-state index in [9.17, 15) is 4.79 Å². The maximum atomic E-state index is 10.7. The molecule has 1 aromatic heterocycles. The van der Waals surface area contributed by atoms with E-state index >= 15 is 0 Å². The fourth-order valence-electron chi connectivity index (χ4n) is 0.534. The molecule has 1 N–H and O–H groups in total. The van der Waals surface area contributed by atoms with Crippen LogP contribution < -0.4 is 0 Å². The summed E-state index contributed by atoms with van der Waals surface area (Å²) in [7, 11) is 1.30. The van der Waals surface area contributed by atoms with E-state index in [1.54, 1.807) is 0 Å². The van der Waals surface area contributed by atoms with Crippen molar-refractivity contribution >= 4 is 17.3 Å². The highest BCUT2D eigenvalue weighted by Crippen LogP contribution is 2.19. The summed E-state index contributed by atoms with van der Waals surface area (Å²) in [5.41, 5.74) is 0. The maximum Gasteiger partial charge on any atom is 0.348 e. The van der Waals surface area contributed by atoms with E-state index in [0.717, 1.165) is 11.3 Å². The molecule has 0 fully saturated rings. The molecule has 0 radical (unpaired) electrons. The molecule has 0 aromatic carbocycles. The van der Waals surface area contributed by atoms with Gasteiger partial charge in [0.05, 0.1) is 7.11 Å². The Kier molecular flexibility index (Phi) is 1.91. The van der Waals surface area contributed by atoms with Crippen LogP contribution in [0.3, 0.4) is 0 Å². The molecule has 0 amide bonds. The molecular formula is C6H6O3S. The zero-order valence-electron chi connectivity index (χ0n) is 5.33. The van der Waals surface area contributed by atoms with Gasteiger partial charge < -0.3 is 9.84 Å². The first-order chi connectivity index (χ1) is 4.74. The van der Waals surface area contributed by atoms with E-state index < -0.39 is 5.97 Å². The molecule has 3 nitrogen and oxygen atoms in total. The predicted octanol–water partition coefficient (Wildman–Crippen LogP) is 1.24. The van der Waals surface area contributed by atoms with Gasteiger partial charge in [0.2, 0.25) is 0 Å². The van der Waals surface area contributed by atoms with Crippen LogP contribution in [0, 0.1) is 0 Å². The third-order valence-electron chi connectivity index (χ3n) is 0.972. The number of aromatic hydroxyl groups is 1. The summed E-state index contributed by atoms with van der Waals surface area (Å²) < 4.78 is 4.41. The maximum absolute atomic E-state index is 10.7. The van der Waals surface area contributed by atoms with Gasteiger partial charge in [-0.2, -0.15) is 0 Å². The normalized spacial score (nSPS) is 9.30. The van der Waals surface area contributed by atoms with E-state index in [-0.39, 0.29) is 5.75 Å². The number of thiophene rings is 1. The summed E-state index contributed by atoms with van der Waals surface area (Å²) in [4.78, 5) is 11.1. The van der Waals surface area contributed by atoms with Crippen molar-refractivity contribution in [2.75, 3.05) is 7.11 Å². The van der Waals surface area contributed by atoms with Gasteiger partial charge in [-0.15, -0.1) is 11.3 Å². The van der Waals surface area contributed by atoms with Gasteiger partial charge in [0.25, 0.3) is 0 Å². The molecule has 0 atom stereocenters. The smallest absolute Gasteiger partial charge is 0.348 e. The van der Waals surface area contributed by atoms with Crippen LogP contribution in [0.25, 0.3) is 0 Å². The molecule has 0 spiro atoms. The Morgan fingerprint density at radius 1 is 1.80 bits per heavy atom. The van der Waals surface area contributed by atoms with Crippen molar-refractivity contribution in [2.45, 2.75) is 0 Å². The van der Waals surface area contributed by atoms with Crippen molar-refractivity contribution < 1.29 is 14.6 Å². The first kappa shape index (κ1) is 7.08. The zero-order valence-corrected chi connectivity index (χ0v) is 6.14. The van der Waals surface area contributed by atoms with Gasteiger partial charge in [0.15, 0.2) is 0 Å². The highest BCUT2D eigenvalue weighted by molar-refractivity contribution is 7.12. The summed E-state index contributed by atoms with van der Waals surface area (Å²) >= 11 is 1.16. The molecule has 54 valence electrons. The van der Waals surface area contributed by atoms with Crippen molar-refractivity contribution in [3.05, 3.63) is 16.3 Å². The minimum absolute atomic E-state index is 0.102. The second kappa shape index (κ2) is 2.70. The van der Waals surface area contributed by atoms with Crippen LogP contribution in [-0.4, -0.2) is 18.2 Å². The van der Waals surface area contributed by atoms with Crippen LogP contribution in [0.15, 0.2) is 11.4 Å². The van der Waals surface area contributed by atoms with Gasteiger partial charge >= 0.3 is 5.97 Å². The van der Waals surface area contributed by atoms with Crippen molar-refractivity contribution in [2.24, 2.45) is 0 Å². The van der Waals surface area contributed by atoms with Crippen LogP contribution in [0.2, 0.25) is 0 Å². The standard InChI is InChI=1S/C6H6O3S/c1-9-6(8)5-2-4(7)3-10-5/h2-3,7H,1H3. The minimum atomic E-state index is -0.412. The number of rotatable bonds is 1. The monoisotopic (exact) mass is 158 g/mol. The van der Waals surface area contributed by atoms with Gasteiger partial charge in [0, 0.05) is 11.4 Å².